The first kappa shape index (κ1) is 15.5. The summed E-state index contributed by atoms with van der Waals surface area (Å²) in [6.45, 7) is 0. The van der Waals surface area contributed by atoms with Gasteiger partial charge in [0.25, 0.3) is 0 Å². The summed E-state index contributed by atoms with van der Waals surface area (Å²) in [4.78, 5) is 11.0. The Kier molecular flexibility index (Phi) is 6.76. The zero-order chi connectivity index (χ0) is 11.4. The number of hydrogen-bond acceptors (Lipinski definition) is 3. The van der Waals surface area contributed by atoms with Gasteiger partial charge in [0.15, 0.2) is 0 Å². The SMILES string of the molecule is COC(=O)CC(N)c1cc(Cl)cc(Cl)c1.Cl. The van der Waals surface area contributed by atoms with Crippen molar-refractivity contribution in [3.63, 3.8) is 0 Å². The fourth-order valence-electron chi connectivity index (χ4n) is 1.17. The van der Waals surface area contributed by atoms with Crippen molar-refractivity contribution in [2.24, 2.45) is 5.73 Å². The van der Waals surface area contributed by atoms with Gasteiger partial charge in [-0.05, 0) is 23.8 Å². The lowest BCUT2D eigenvalue weighted by atomic mass is 10.1. The number of hydrogen-bond donors (Lipinski definition) is 1. The topological polar surface area (TPSA) is 52.3 Å². The Bertz CT molecular complexity index is 351. The van der Waals surface area contributed by atoms with E-state index in [0.717, 1.165) is 5.56 Å². The largest absolute Gasteiger partial charge is 0.469 e. The molecule has 6 heteroatoms. The molecule has 0 aliphatic rings. The second-order valence-electron chi connectivity index (χ2n) is 3.09. The van der Waals surface area contributed by atoms with Gasteiger partial charge in [-0.3, -0.25) is 4.79 Å². The van der Waals surface area contributed by atoms with Crippen molar-refractivity contribution in [2.45, 2.75) is 12.5 Å². The molecule has 0 spiro atoms. The zero-order valence-corrected chi connectivity index (χ0v) is 10.9. The number of carbonyl (C=O) groups is 1. The molecule has 0 bridgehead atoms. The van der Waals surface area contributed by atoms with Crippen LogP contribution < -0.4 is 5.73 Å². The van der Waals surface area contributed by atoms with Crippen LogP contribution in [0.1, 0.15) is 18.0 Å². The van der Waals surface area contributed by atoms with E-state index in [1.807, 2.05) is 0 Å². The summed E-state index contributed by atoms with van der Waals surface area (Å²) in [5.41, 5.74) is 6.51. The Hall–Kier alpha value is -0.480. The minimum absolute atomic E-state index is 0. The second-order valence-corrected chi connectivity index (χ2v) is 3.96. The molecule has 1 aromatic carbocycles. The molecule has 0 saturated carbocycles. The highest BCUT2D eigenvalue weighted by atomic mass is 35.5. The molecule has 0 amide bonds. The molecule has 1 aromatic rings. The van der Waals surface area contributed by atoms with Crippen LogP contribution in [0.25, 0.3) is 0 Å². The van der Waals surface area contributed by atoms with Crippen molar-refractivity contribution in [1.29, 1.82) is 0 Å². The predicted molar refractivity (Wildman–Crippen MR) is 67.3 cm³/mol. The van der Waals surface area contributed by atoms with Gasteiger partial charge in [0.05, 0.1) is 13.5 Å². The summed E-state index contributed by atoms with van der Waals surface area (Å²) in [6, 6.07) is 4.52. The lowest BCUT2D eigenvalue weighted by Crippen LogP contribution is -2.16. The van der Waals surface area contributed by atoms with Gasteiger partial charge in [0.2, 0.25) is 0 Å². The molecule has 1 atom stereocenters. The second kappa shape index (κ2) is 6.97. The third kappa shape index (κ3) is 4.58. The standard InChI is InChI=1S/C10H11Cl2NO2.ClH/c1-15-10(14)5-9(13)6-2-7(11)4-8(12)3-6;/h2-4,9H,5,13H2,1H3;1H. The molecule has 0 aliphatic heterocycles. The van der Waals surface area contributed by atoms with E-state index in [-0.39, 0.29) is 24.8 Å². The smallest absolute Gasteiger partial charge is 0.307 e. The van der Waals surface area contributed by atoms with E-state index in [1.54, 1.807) is 18.2 Å². The maximum atomic E-state index is 11.0. The number of nitrogens with two attached hydrogens (primary N) is 1. The maximum Gasteiger partial charge on any atom is 0.307 e. The summed E-state index contributed by atoms with van der Waals surface area (Å²) in [5.74, 6) is -0.362. The Morgan fingerprint density at radius 1 is 1.38 bits per heavy atom. The van der Waals surface area contributed by atoms with Crippen molar-refractivity contribution in [3.05, 3.63) is 33.8 Å². The van der Waals surface area contributed by atoms with E-state index in [1.165, 1.54) is 7.11 Å². The molecule has 1 rings (SSSR count). The Morgan fingerprint density at radius 3 is 2.31 bits per heavy atom. The van der Waals surface area contributed by atoms with E-state index in [0.29, 0.717) is 10.0 Å². The fourth-order valence-corrected chi connectivity index (χ4v) is 1.71. The van der Waals surface area contributed by atoms with Crippen LogP contribution in [0, 0.1) is 0 Å². The number of rotatable bonds is 3. The van der Waals surface area contributed by atoms with Gasteiger partial charge in [-0.1, -0.05) is 23.2 Å². The number of benzene rings is 1. The van der Waals surface area contributed by atoms with Crippen molar-refractivity contribution in [3.8, 4) is 0 Å². The van der Waals surface area contributed by atoms with Gasteiger partial charge in [0.1, 0.15) is 0 Å². The Labute approximate surface area is 110 Å². The molecule has 0 radical (unpaired) electrons. The average Bonchev–Trinajstić information content (AvgIpc) is 2.16. The third-order valence-electron chi connectivity index (χ3n) is 1.93. The molecular formula is C10H12Cl3NO2. The van der Waals surface area contributed by atoms with Crippen molar-refractivity contribution < 1.29 is 9.53 Å². The monoisotopic (exact) mass is 283 g/mol. The summed E-state index contributed by atoms with van der Waals surface area (Å²) in [5, 5.41) is 0.996. The highest BCUT2D eigenvalue weighted by Gasteiger charge is 2.12. The van der Waals surface area contributed by atoms with Gasteiger partial charge in [-0.15, -0.1) is 12.4 Å². The number of ether oxygens (including phenoxy) is 1. The van der Waals surface area contributed by atoms with E-state index in [2.05, 4.69) is 4.74 Å². The van der Waals surface area contributed by atoms with Crippen LogP contribution in [0.5, 0.6) is 0 Å². The average molecular weight is 285 g/mol. The van der Waals surface area contributed by atoms with Crippen LogP contribution >= 0.6 is 35.6 Å². The zero-order valence-electron chi connectivity index (χ0n) is 8.57. The third-order valence-corrected chi connectivity index (χ3v) is 2.36. The van der Waals surface area contributed by atoms with E-state index in [4.69, 9.17) is 28.9 Å². The van der Waals surface area contributed by atoms with Crippen molar-refractivity contribution in [1.82, 2.24) is 0 Å². The number of halogens is 3. The molecule has 2 N–H and O–H groups in total. The van der Waals surface area contributed by atoms with Gasteiger partial charge in [0, 0.05) is 16.1 Å². The minimum atomic E-state index is -0.450. The summed E-state index contributed by atoms with van der Waals surface area (Å²) in [7, 11) is 1.32. The maximum absolute atomic E-state index is 11.0. The molecule has 16 heavy (non-hydrogen) atoms. The van der Waals surface area contributed by atoms with Crippen molar-refractivity contribution >= 4 is 41.6 Å². The van der Waals surface area contributed by atoms with E-state index in [9.17, 15) is 4.79 Å². The number of methoxy groups -OCH3 is 1. The fraction of sp³-hybridized carbons (Fsp3) is 0.300. The Balaban J connectivity index is 0.00000225. The lowest BCUT2D eigenvalue weighted by Gasteiger charge is -2.11. The molecule has 0 heterocycles. The normalized spacial score (nSPS) is 11.5. The first-order valence-corrected chi connectivity index (χ1v) is 5.07. The first-order chi connectivity index (χ1) is 7.02. The number of esters is 1. The highest BCUT2D eigenvalue weighted by molar-refractivity contribution is 6.34. The molecule has 0 fully saturated rings. The minimum Gasteiger partial charge on any atom is -0.469 e. The Morgan fingerprint density at radius 2 is 1.88 bits per heavy atom. The molecule has 3 nitrogen and oxygen atoms in total. The van der Waals surface area contributed by atoms with E-state index >= 15 is 0 Å². The van der Waals surface area contributed by atoms with Gasteiger partial charge < -0.3 is 10.5 Å². The van der Waals surface area contributed by atoms with Crippen LogP contribution in [0.4, 0.5) is 0 Å². The van der Waals surface area contributed by atoms with Crippen LogP contribution in [0.15, 0.2) is 18.2 Å². The quantitative estimate of drug-likeness (QED) is 0.868. The summed E-state index contributed by atoms with van der Waals surface area (Å²) in [6.07, 6.45) is 0.104. The van der Waals surface area contributed by atoms with Gasteiger partial charge in [-0.25, -0.2) is 0 Å². The van der Waals surface area contributed by atoms with Crippen LogP contribution in [-0.2, 0) is 9.53 Å². The van der Waals surface area contributed by atoms with Crippen LogP contribution in [-0.4, -0.2) is 13.1 Å². The van der Waals surface area contributed by atoms with Gasteiger partial charge >= 0.3 is 5.97 Å². The first-order valence-electron chi connectivity index (χ1n) is 4.31. The van der Waals surface area contributed by atoms with Gasteiger partial charge in [-0.2, -0.15) is 0 Å². The molecular weight excluding hydrogens is 272 g/mol. The van der Waals surface area contributed by atoms with Crippen LogP contribution in [0.3, 0.4) is 0 Å². The molecule has 0 aromatic heterocycles. The van der Waals surface area contributed by atoms with Crippen molar-refractivity contribution in [2.75, 3.05) is 7.11 Å². The molecule has 90 valence electrons. The number of carbonyl (C=O) groups excluding carboxylic acids is 1. The summed E-state index contributed by atoms with van der Waals surface area (Å²) >= 11 is 11.6. The highest BCUT2D eigenvalue weighted by Crippen LogP contribution is 2.24. The molecule has 0 aliphatic carbocycles. The molecule has 1 unspecified atom stereocenters. The van der Waals surface area contributed by atoms with Crippen LogP contribution in [0.2, 0.25) is 10.0 Å². The summed E-state index contributed by atoms with van der Waals surface area (Å²) < 4.78 is 4.52. The lowest BCUT2D eigenvalue weighted by molar-refractivity contribution is -0.141. The molecule has 0 saturated heterocycles. The van der Waals surface area contributed by atoms with E-state index < -0.39 is 6.04 Å². The predicted octanol–water partition coefficient (Wildman–Crippen LogP) is 2.98.